The van der Waals surface area contributed by atoms with Crippen molar-refractivity contribution in [2.24, 2.45) is 11.7 Å². The molecular formula is C23H25N7O3. The predicted molar refractivity (Wildman–Crippen MR) is 120 cm³/mol. The maximum Gasteiger partial charge on any atom is 0.352 e. The van der Waals surface area contributed by atoms with E-state index in [9.17, 15) is 14.7 Å². The quantitative estimate of drug-likeness (QED) is 0.542. The lowest BCUT2D eigenvalue weighted by atomic mass is 10.2. The van der Waals surface area contributed by atoms with Crippen LogP contribution >= 0.6 is 0 Å². The molecule has 2 aliphatic carbocycles. The summed E-state index contributed by atoms with van der Waals surface area (Å²) >= 11 is 0. The number of piperidine rings is 1. The molecule has 33 heavy (non-hydrogen) atoms. The summed E-state index contributed by atoms with van der Waals surface area (Å²) in [6.07, 6.45) is 8.22. The van der Waals surface area contributed by atoms with Crippen LogP contribution in [0.3, 0.4) is 0 Å². The molecule has 4 N–H and O–H groups in total. The van der Waals surface area contributed by atoms with E-state index in [4.69, 9.17) is 5.73 Å². The van der Waals surface area contributed by atoms with Crippen LogP contribution in [0.5, 0.6) is 0 Å². The molecule has 3 aromatic rings. The summed E-state index contributed by atoms with van der Waals surface area (Å²) in [5, 5.41) is 13.4. The molecule has 1 aliphatic heterocycles. The van der Waals surface area contributed by atoms with Gasteiger partial charge in [0.1, 0.15) is 17.2 Å². The van der Waals surface area contributed by atoms with E-state index in [-0.39, 0.29) is 23.2 Å². The van der Waals surface area contributed by atoms with E-state index in [2.05, 4.69) is 20.3 Å². The van der Waals surface area contributed by atoms with Crippen molar-refractivity contribution >= 4 is 34.7 Å². The molecule has 0 bridgehead atoms. The lowest BCUT2D eigenvalue weighted by molar-refractivity contribution is 0.0682. The summed E-state index contributed by atoms with van der Waals surface area (Å²) in [5.41, 5.74) is 7.38. The highest BCUT2D eigenvalue weighted by molar-refractivity contribution is 5.95. The highest BCUT2D eigenvalue weighted by Gasteiger charge is 2.58. The fourth-order valence-electron chi connectivity index (χ4n) is 5.34. The van der Waals surface area contributed by atoms with Gasteiger partial charge in [0, 0.05) is 42.5 Å². The normalized spacial score (nSPS) is 24.3. The van der Waals surface area contributed by atoms with Crippen LogP contribution in [-0.2, 0) is 0 Å². The zero-order chi connectivity index (χ0) is 22.7. The molecule has 1 saturated heterocycles. The van der Waals surface area contributed by atoms with Crippen molar-refractivity contribution < 1.29 is 14.7 Å². The Labute approximate surface area is 189 Å². The Morgan fingerprint density at radius 2 is 2.00 bits per heavy atom. The van der Waals surface area contributed by atoms with Crippen LogP contribution in [0.1, 0.15) is 59.0 Å². The Hall–Kier alpha value is -3.53. The van der Waals surface area contributed by atoms with Crippen molar-refractivity contribution in [2.45, 2.75) is 43.7 Å². The van der Waals surface area contributed by atoms with Crippen LogP contribution in [-0.4, -0.2) is 60.0 Å². The molecule has 1 amide bonds. The number of hydrogen-bond acceptors (Lipinski definition) is 7. The van der Waals surface area contributed by atoms with Gasteiger partial charge in [-0.1, -0.05) is 12.8 Å². The van der Waals surface area contributed by atoms with Crippen molar-refractivity contribution in [3.63, 3.8) is 0 Å². The second kappa shape index (κ2) is 7.24. The molecule has 6 rings (SSSR count). The largest absolute Gasteiger partial charge is 0.477 e. The monoisotopic (exact) mass is 447 g/mol. The number of carboxylic acids is 1. The average molecular weight is 447 g/mol. The molecule has 0 spiro atoms. The lowest BCUT2D eigenvalue weighted by Gasteiger charge is -2.19. The Balaban J connectivity index is 1.23. The first-order valence-electron chi connectivity index (χ1n) is 11.3. The van der Waals surface area contributed by atoms with Gasteiger partial charge < -0.3 is 25.6 Å². The molecule has 10 nitrogen and oxygen atoms in total. The number of fused-ring (bicyclic) bond motifs is 2. The van der Waals surface area contributed by atoms with Gasteiger partial charge in [-0.15, -0.1) is 0 Å². The first-order chi connectivity index (χ1) is 15.9. The fourth-order valence-corrected chi connectivity index (χ4v) is 5.34. The maximum absolute atomic E-state index is 12.7. The number of aromatic nitrogens is 4. The topological polar surface area (TPSA) is 139 Å². The average Bonchev–Trinajstić information content (AvgIpc) is 3.24. The first kappa shape index (κ1) is 20.1. The van der Waals surface area contributed by atoms with Gasteiger partial charge >= 0.3 is 5.97 Å². The molecule has 3 fully saturated rings. The highest BCUT2D eigenvalue weighted by Crippen LogP contribution is 2.47. The molecule has 3 aliphatic rings. The van der Waals surface area contributed by atoms with Crippen molar-refractivity contribution in [3.8, 4) is 0 Å². The van der Waals surface area contributed by atoms with Gasteiger partial charge in [-0.3, -0.25) is 4.79 Å². The number of carbonyl (C=O) groups excluding carboxylic acids is 1. The number of pyridine rings is 1. The van der Waals surface area contributed by atoms with Crippen LogP contribution in [0.2, 0.25) is 0 Å². The third-order valence-corrected chi connectivity index (χ3v) is 7.23. The smallest absolute Gasteiger partial charge is 0.352 e. The van der Waals surface area contributed by atoms with Crippen molar-refractivity contribution in [2.75, 3.05) is 18.4 Å². The van der Waals surface area contributed by atoms with Gasteiger partial charge in [0.25, 0.3) is 5.91 Å². The van der Waals surface area contributed by atoms with Gasteiger partial charge in [0.2, 0.25) is 5.95 Å². The summed E-state index contributed by atoms with van der Waals surface area (Å²) < 4.78 is 1.83. The fraction of sp³-hybridized carbons (Fsp3) is 0.435. The molecule has 0 aromatic carbocycles. The molecule has 2 saturated carbocycles. The molecule has 1 unspecified atom stereocenters. The molecular weight excluding hydrogens is 422 g/mol. The number of aromatic carboxylic acids is 1. The summed E-state index contributed by atoms with van der Waals surface area (Å²) in [5.74, 6) is 0.231. The number of amides is 1. The number of anilines is 2. The summed E-state index contributed by atoms with van der Waals surface area (Å²) in [6, 6.07) is 5.21. The SMILES string of the molecule is N[C@]12CC1CN(C(=O)c1ccc(Nc3ncc4cc(C(=O)O)n(C5CCCC5)c4n3)nc1)C2. The summed E-state index contributed by atoms with van der Waals surface area (Å²) in [4.78, 5) is 39.6. The third kappa shape index (κ3) is 3.41. The van der Waals surface area contributed by atoms with E-state index in [0.29, 0.717) is 47.4 Å². The molecule has 2 atom stereocenters. The minimum absolute atomic E-state index is 0.0562. The van der Waals surface area contributed by atoms with E-state index in [0.717, 1.165) is 32.1 Å². The van der Waals surface area contributed by atoms with E-state index < -0.39 is 5.97 Å². The van der Waals surface area contributed by atoms with E-state index in [1.165, 1.54) is 0 Å². The van der Waals surface area contributed by atoms with E-state index >= 15 is 0 Å². The Bertz CT molecular complexity index is 1270. The zero-order valence-corrected chi connectivity index (χ0v) is 18.1. The number of likely N-dealkylation sites (tertiary alicyclic amines) is 1. The van der Waals surface area contributed by atoms with E-state index in [1.807, 2.05) is 4.57 Å². The number of carbonyl (C=O) groups is 2. The van der Waals surface area contributed by atoms with Crippen LogP contribution in [0.15, 0.2) is 30.6 Å². The van der Waals surface area contributed by atoms with Crippen LogP contribution in [0, 0.1) is 5.92 Å². The number of rotatable bonds is 5. The number of nitrogens with two attached hydrogens (primary N) is 1. The maximum atomic E-state index is 12.7. The lowest BCUT2D eigenvalue weighted by Crippen LogP contribution is -2.37. The van der Waals surface area contributed by atoms with Gasteiger partial charge in [-0.25, -0.2) is 14.8 Å². The van der Waals surface area contributed by atoms with Gasteiger partial charge in [-0.2, -0.15) is 4.98 Å². The van der Waals surface area contributed by atoms with Crippen molar-refractivity contribution in [3.05, 3.63) is 41.9 Å². The second-order valence-electron chi connectivity index (χ2n) is 9.49. The Morgan fingerprint density at radius 3 is 2.67 bits per heavy atom. The summed E-state index contributed by atoms with van der Waals surface area (Å²) in [7, 11) is 0. The minimum atomic E-state index is -0.966. The van der Waals surface area contributed by atoms with E-state index in [1.54, 1.807) is 35.5 Å². The first-order valence-corrected chi connectivity index (χ1v) is 11.3. The highest BCUT2D eigenvalue weighted by atomic mass is 16.4. The van der Waals surface area contributed by atoms with Crippen LogP contribution < -0.4 is 11.1 Å². The standard InChI is InChI=1S/C23H25N7O3/c24-23-8-15(23)11-29(12-23)20(31)13-5-6-18(25-9-13)27-22-26-10-14-7-17(21(32)33)30(19(14)28-22)16-3-1-2-4-16/h5-7,9-10,15-16H,1-4,8,11-12,24H2,(H,32,33)(H,25,26,27,28)/t15?,23-/m0/s1. The molecule has 10 heteroatoms. The molecule has 3 aromatic heterocycles. The number of carboxylic acid groups (broad SMARTS) is 1. The van der Waals surface area contributed by atoms with Crippen LogP contribution in [0.4, 0.5) is 11.8 Å². The second-order valence-corrected chi connectivity index (χ2v) is 9.49. The van der Waals surface area contributed by atoms with Crippen LogP contribution in [0.25, 0.3) is 11.0 Å². The summed E-state index contributed by atoms with van der Waals surface area (Å²) in [6.45, 7) is 1.31. The van der Waals surface area contributed by atoms with Crippen molar-refractivity contribution in [1.82, 2.24) is 24.4 Å². The van der Waals surface area contributed by atoms with Gasteiger partial charge in [0.15, 0.2) is 0 Å². The minimum Gasteiger partial charge on any atom is -0.477 e. The zero-order valence-electron chi connectivity index (χ0n) is 18.1. The number of nitrogens with one attached hydrogen (secondary N) is 1. The van der Waals surface area contributed by atoms with Gasteiger partial charge in [0.05, 0.1) is 5.56 Å². The van der Waals surface area contributed by atoms with Crippen molar-refractivity contribution in [1.29, 1.82) is 0 Å². The Morgan fingerprint density at radius 1 is 1.18 bits per heavy atom. The predicted octanol–water partition coefficient (Wildman–Crippen LogP) is 2.56. The van der Waals surface area contributed by atoms with Gasteiger partial charge in [-0.05, 0) is 43.4 Å². The number of hydrogen-bond donors (Lipinski definition) is 3. The Kier molecular flexibility index (Phi) is 4.41. The third-order valence-electron chi connectivity index (χ3n) is 7.23. The molecule has 4 heterocycles. The number of nitrogens with zero attached hydrogens (tertiary/aromatic N) is 5. The molecule has 0 radical (unpaired) electrons. The molecule has 170 valence electrons.